The van der Waals surface area contributed by atoms with Gasteiger partial charge in [0.05, 0.1) is 9.90 Å². The fourth-order valence-electron chi connectivity index (χ4n) is 0.742. The van der Waals surface area contributed by atoms with E-state index in [1.807, 2.05) is 0 Å². The number of urea groups is 1. The molecule has 1 aromatic heterocycles. The highest BCUT2D eigenvalue weighted by Gasteiger charge is 2.13. The highest BCUT2D eigenvalue weighted by atomic mass is 35.5. The van der Waals surface area contributed by atoms with Crippen LogP contribution in [-0.2, 0) is 0 Å². The molecule has 0 bridgehead atoms. The minimum Gasteiger partial charge on any atom is -0.330 e. The van der Waals surface area contributed by atoms with Crippen LogP contribution in [0, 0.1) is 0 Å². The SMILES string of the molecule is CN(C)C(=O)NNC(=O)c1cc(Cl)c(Cl)s1. The van der Waals surface area contributed by atoms with E-state index in [4.69, 9.17) is 23.2 Å². The van der Waals surface area contributed by atoms with Crippen LogP contribution in [0.15, 0.2) is 6.07 Å². The molecule has 2 N–H and O–H groups in total. The molecule has 88 valence electrons. The van der Waals surface area contributed by atoms with Gasteiger partial charge in [0.2, 0.25) is 0 Å². The van der Waals surface area contributed by atoms with Gasteiger partial charge in [-0.25, -0.2) is 10.2 Å². The number of carbonyl (C=O) groups is 2. The van der Waals surface area contributed by atoms with Gasteiger partial charge in [0, 0.05) is 14.1 Å². The maximum Gasteiger partial charge on any atom is 0.335 e. The smallest absolute Gasteiger partial charge is 0.330 e. The average molecular weight is 282 g/mol. The van der Waals surface area contributed by atoms with Gasteiger partial charge in [-0.05, 0) is 6.07 Å². The Labute approximate surface area is 106 Å². The Bertz CT molecular complexity index is 400. The first kappa shape index (κ1) is 13.1. The van der Waals surface area contributed by atoms with Crippen LogP contribution in [0.25, 0.3) is 0 Å². The number of carbonyl (C=O) groups excluding carboxylic acids is 2. The van der Waals surface area contributed by atoms with E-state index >= 15 is 0 Å². The van der Waals surface area contributed by atoms with Crippen molar-refractivity contribution in [2.24, 2.45) is 0 Å². The zero-order valence-corrected chi connectivity index (χ0v) is 10.8. The molecule has 0 unspecified atom stereocenters. The molecule has 0 aliphatic heterocycles. The van der Waals surface area contributed by atoms with E-state index in [1.54, 1.807) is 14.1 Å². The quantitative estimate of drug-likeness (QED) is 0.774. The summed E-state index contributed by atoms with van der Waals surface area (Å²) in [5, 5.41) is 0.316. The molecule has 0 aliphatic rings. The summed E-state index contributed by atoms with van der Waals surface area (Å²) in [6.07, 6.45) is 0. The Hall–Kier alpha value is -0.980. The average Bonchev–Trinajstić information content (AvgIpc) is 2.55. The predicted molar refractivity (Wildman–Crippen MR) is 64.0 cm³/mol. The normalized spacial score (nSPS) is 9.75. The first-order valence-electron chi connectivity index (χ1n) is 4.14. The highest BCUT2D eigenvalue weighted by Crippen LogP contribution is 2.31. The molecule has 1 heterocycles. The summed E-state index contributed by atoms with van der Waals surface area (Å²) < 4.78 is 0.339. The number of amides is 3. The third-order valence-corrected chi connectivity index (χ3v) is 3.42. The standard InChI is InChI=1S/C8H9Cl2N3O2S/c1-13(2)8(15)12-11-7(14)5-3-4(9)6(10)16-5/h3H,1-2H3,(H,11,14)(H,12,15). The second-order valence-corrected chi connectivity index (χ2v) is 5.07. The van der Waals surface area contributed by atoms with E-state index < -0.39 is 11.9 Å². The maximum absolute atomic E-state index is 11.5. The minimum atomic E-state index is -0.464. The van der Waals surface area contributed by atoms with Gasteiger partial charge in [-0.3, -0.25) is 10.2 Å². The molecule has 3 amide bonds. The topological polar surface area (TPSA) is 61.4 Å². The van der Waals surface area contributed by atoms with Crippen LogP contribution in [0.5, 0.6) is 0 Å². The lowest BCUT2D eigenvalue weighted by molar-refractivity contribution is 0.0937. The zero-order chi connectivity index (χ0) is 12.3. The summed E-state index contributed by atoms with van der Waals surface area (Å²) in [7, 11) is 3.11. The Morgan fingerprint density at radius 2 is 1.94 bits per heavy atom. The molecule has 0 radical (unpaired) electrons. The van der Waals surface area contributed by atoms with Crippen LogP contribution in [0.1, 0.15) is 9.67 Å². The van der Waals surface area contributed by atoms with Crippen LogP contribution in [0.3, 0.4) is 0 Å². The van der Waals surface area contributed by atoms with Crippen molar-refractivity contribution in [3.63, 3.8) is 0 Å². The van der Waals surface area contributed by atoms with Crippen molar-refractivity contribution in [2.45, 2.75) is 0 Å². The molecule has 0 aliphatic carbocycles. The number of hydrogen-bond donors (Lipinski definition) is 2. The predicted octanol–water partition coefficient (Wildman–Crippen LogP) is 1.97. The van der Waals surface area contributed by atoms with Crippen LogP contribution >= 0.6 is 34.5 Å². The van der Waals surface area contributed by atoms with Crippen LogP contribution < -0.4 is 10.9 Å². The molecule has 0 aromatic carbocycles. The van der Waals surface area contributed by atoms with Crippen molar-refractivity contribution in [1.29, 1.82) is 0 Å². The molecular weight excluding hydrogens is 273 g/mol. The van der Waals surface area contributed by atoms with E-state index in [0.29, 0.717) is 14.2 Å². The largest absolute Gasteiger partial charge is 0.335 e. The number of nitrogens with one attached hydrogen (secondary N) is 2. The lowest BCUT2D eigenvalue weighted by atomic mass is 10.4. The number of nitrogens with zero attached hydrogens (tertiary/aromatic N) is 1. The first-order chi connectivity index (χ1) is 7.41. The molecule has 1 rings (SSSR count). The molecule has 0 spiro atoms. The van der Waals surface area contributed by atoms with Gasteiger partial charge in [0.15, 0.2) is 0 Å². The monoisotopic (exact) mass is 281 g/mol. The first-order valence-corrected chi connectivity index (χ1v) is 5.71. The third kappa shape index (κ3) is 3.26. The molecule has 16 heavy (non-hydrogen) atoms. The van der Waals surface area contributed by atoms with Gasteiger partial charge < -0.3 is 4.90 Å². The van der Waals surface area contributed by atoms with Crippen molar-refractivity contribution in [2.75, 3.05) is 14.1 Å². The van der Waals surface area contributed by atoms with Crippen molar-refractivity contribution in [1.82, 2.24) is 15.8 Å². The van der Waals surface area contributed by atoms with E-state index in [-0.39, 0.29) is 0 Å². The fraction of sp³-hybridized carbons (Fsp3) is 0.250. The summed E-state index contributed by atoms with van der Waals surface area (Å²) in [5.74, 6) is -0.464. The molecule has 0 saturated carbocycles. The van der Waals surface area contributed by atoms with Crippen LogP contribution in [0.2, 0.25) is 9.36 Å². The lowest BCUT2D eigenvalue weighted by Crippen LogP contribution is -2.46. The van der Waals surface area contributed by atoms with Crippen LogP contribution in [-0.4, -0.2) is 30.9 Å². The van der Waals surface area contributed by atoms with Gasteiger partial charge in [0.25, 0.3) is 5.91 Å². The number of rotatable bonds is 1. The summed E-state index contributed by atoms with van der Waals surface area (Å²) in [4.78, 5) is 24.2. The maximum atomic E-state index is 11.5. The van der Waals surface area contributed by atoms with Gasteiger partial charge in [-0.15, -0.1) is 11.3 Å². The summed E-state index contributed by atoms with van der Waals surface area (Å²) in [5.41, 5.74) is 4.45. The molecular formula is C8H9Cl2N3O2S. The molecule has 5 nitrogen and oxygen atoms in total. The van der Waals surface area contributed by atoms with E-state index in [9.17, 15) is 9.59 Å². The van der Waals surface area contributed by atoms with E-state index in [1.165, 1.54) is 11.0 Å². The van der Waals surface area contributed by atoms with Gasteiger partial charge in [-0.1, -0.05) is 23.2 Å². The minimum absolute atomic E-state index is 0.316. The molecule has 1 aromatic rings. The second kappa shape index (κ2) is 5.38. The van der Waals surface area contributed by atoms with E-state index in [0.717, 1.165) is 11.3 Å². The summed E-state index contributed by atoms with van der Waals surface area (Å²) >= 11 is 12.4. The Morgan fingerprint density at radius 3 is 2.38 bits per heavy atom. The van der Waals surface area contributed by atoms with Crippen molar-refractivity contribution < 1.29 is 9.59 Å². The molecule has 0 atom stereocenters. The Balaban J connectivity index is 2.56. The highest BCUT2D eigenvalue weighted by molar-refractivity contribution is 7.18. The molecule has 0 fully saturated rings. The Morgan fingerprint density at radius 1 is 1.31 bits per heavy atom. The molecule has 8 heteroatoms. The summed E-state index contributed by atoms with van der Waals surface area (Å²) in [6, 6.07) is 1.01. The van der Waals surface area contributed by atoms with Crippen molar-refractivity contribution in [3.05, 3.63) is 20.3 Å². The van der Waals surface area contributed by atoms with Gasteiger partial charge >= 0.3 is 6.03 Å². The lowest BCUT2D eigenvalue weighted by Gasteiger charge is -2.11. The van der Waals surface area contributed by atoms with Crippen LogP contribution in [0.4, 0.5) is 4.79 Å². The number of thiophene rings is 1. The number of halogens is 2. The zero-order valence-electron chi connectivity index (χ0n) is 8.51. The van der Waals surface area contributed by atoms with Crippen molar-refractivity contribution >= 4 is 46.5 Å². The fourth-order valence-corrected chi connectivity index (χ4v) is 2.01. The van der Waals surface area contributed by atoms with E-state index in [2.05, 4.69) is 10.9 Å². The van der Waals surface area contributed by atoms with Gasteiger partial charge in [-0.2, -0.15) is 0 Å². The second-order valence-electron chi connectivity index (χ2n) is 3.01. The van der Waals surface area contributed by atoms with Gasteiger partial charge in [0.1, 0.15) is 4.34 Å². The Kier molecular flexibility index (Phi) is 4.40. The number of hydrazine groups is 1. The number of hydrogen-bond acceptors (Lipinski definition) is 3. The summed E-state index contributed by atoms with van der Waals surface area (Å²) in [6.45, 7) is 0. The molecule has 0 saturated heterocycles. The van der Waals surface area contributed by atoms with Crippen molar-refractivity contribution in [3.8, 4) is 0 Å². The third-order valence-electron chi connectivity index (χ3n) is 1.56.